The molecule has 0 aliphatic heterocycles. The van der Waals surface area contributed by atoms with Crippen LogP contribution in [0.5, 0.6) is 5.75 Å². The number of ketones is 1. The lowest BCUT2D eigenvalue weighted by Gasteiger charge is -2.10. The van der Waals surface area contributed by atoms with Crippen molar-refractivity contribution in [1.29, 1.82) is 0 Å². The summed E-state index contributed by atoms with van der Waals surface area (Å²) in [6, 6.07) is 17.5. The Morgan fingerprint density at radius 2 is 1.82 bits per heavy atom. The average molecular weight is 437 g/mol. The van der Waals surface area contributed by atoms with E-state index in [4.69, 9.17) is 0 Å². The number of aromatic nitrogens is 1. The molecule has 5 nitrogen and oxygen atoms in total. The second-order valence-corrected chi connectivity index (χ2v) is 7.96. The Hall–Kier alpha value is -4.30. The number of aromatic carboxylic acids is 1. The quantitative estimate of drug-likeness (QED) is 0.345. The van der Waals surface area contributed by atoms with Crippen LogP contribution in [0.15, 0.2) is 66.9 Å². The highest BCUT2D eigenvalue weighted by Gasteiger charge is 2.16. The number of rotatable bonds is 6. The van der Waals surface area contributed by atoms with Gasteiger partial charge in [-0.2, -0.15) is 0 Å². The molecule has 0 saturated heterocycles. The van der Waals surface area contributed by atoms with Gasteiger partial charge in [0.2, 0.25) is 0 Å². The number of H-pyrrole nitrogens is 1. The van der Waals surface area contributed by atoms with E-state index in [9.17, 15) is 19.8 Å². The molecule has 4 rings (SSSR count). The number of benzene rings is 3. The van der Waals surface area contributed by atoms with Crippen LogP contribution in [-0.2, 0) is 11.2 Å². The Balaban J connectivity index is 1.76. The van der Waals surface area contributed by atoms with Crippen LogP contribution in [0, 0.1) is 11.8 Å². The van der Waals surface area contributed by atoms with Crippen LogP contribution in [0.2, 0.25) is 0 Å². The fraction of sp³-hybridized carbons (Fsp3) is 0.143. The molecule has 4 aromatic rings. The fourth-order valence-corrected chi connectivity index (χ4v) is 3.95. The average Bonchev–Trinajstić information content (AvgIpc) is 3.19. The number of phenolic OH excluding ortho intramolecular Hbond substituents is 1. The summed E-state index contributed by atoms with van der Waals surface area (Å²) in [6.07, 6.45) is 4.09. The maximum atomic E-state index is 12.0. The van der Waals surface area contributed by atoms with E-state index < -0.39 is 5.97 Å². The van der Waals surface area contributed by atoms with Crippen LogP contribution in [0.3, 0.4) is 0 Å². The van der Waals surface area contributed by atoms with Crippen molar-refractivity contribution in [2.75, 3.05) is 0 Å². The van der Waals surface area contributed by atoms with Crippen LogP contribution in [0.4, 0.5) is 0 Å². The monoisotopic (exact) mass is 437 g/mol. The predicted molar refractivity (Wildman–Crippen MR) is 128 cm³/mol. The number of aromatic amines is 1. The first kappa shape index (κ1) is 21.9. The van der Waals surface area contributed by atoms with Crippen molar-refractivity contribution in [2.24, 2.45) is 0 Å². The van der Waals surface area contributed by atoms with Gasteiger partial charge in [0.25, 0.3) is 0 Å². The number of carboxylic acid groups (broad SMARTS) is 1. The van der Waals surface area contributed by atoms with Crippen molar-refractivity contribution >= 4 is 22.7 Å². The number of aryl methyl sites for hydroxylation is 1. The van der Waals surface area contributed by atoms with Gasteiger partial charge in [0.05, 0.1) is 5.56 Å². The smallest absolute Gasteiger partial charge is 0.336 e. The molecular weight excluding hydrogens is 414 g/mol. The van der Waals surface area contributed by atoms with Gasteiger partial charge in [-0.05, 0) is 67.3 Å². The number of hydrogen-bond donors (Lipinski definition) is 3. The van der Waals surface area contributed by atoms with Crippen molar-refractivity contribution < 1.29 is 19.8 Å². The minimum absolute atomic E-state index is 0.123. The lowest BCUT2D eigenvalue weighted by atomic mass is 9.93. The third-order valence-electron chi connectivity index (χ3n) is 5.51. The first-order valence-corrected chi connectivity index (χ1v) is 10.7. The number of Topliss-reactive ketones (excluding diaryl/α,β-unsaturated/α-hetero) is 1. The van der Waals surface area contributed by atoms with E-state index in [1.807, 2.05) is 24.4 Å². The molecule has 5 heteroatoms. The zero-order valence-electron chi connectivity index (χ0n) is 18.2. The molecular formula is C28H23NO4. The van der Waals surface area contributed by atoms with E-state index in [1.165, 1.54) is 0 Å². The SMILES string of the molecule is CC(=O)CCCc1c[nH]c2cc(-c3c(C#Cc4cccc(O)c4)cccc3C(=O)O)ccc12. The Morgan fingerprint density at radius 1 is 1.00 bits per heavy atom. The number of hydrogen-bond acceptors (Lipinski definition) is 3. The molecule has 0 spiro atoms. The number of aromatic hydroxyl groups is 1. The molecule has 33 heavy (non-hydrogen) atoms. The standard InChI is InChI=1S/C28H23NO4/c1-18(30)5-2-8-22-17-29-26-16-21(13-14-24(22)26)27-20(7-4-10-25(27)28(32)33)12-11-19-6-3-9-23(31)15-19/h3-4,6-7,9-10,13-17,29,31H,2,5,8H2,1H3,(H,32,33). The Kier molecular flexibility index (Phi) is 6.28. The largest absolute Gasteiger partial charge is 0.508 e. The molecule has 0 radical (unpaired) electrons. The van der Waals surface area contributed by atoms with Gasteiger partial charge < -0.3 is 20.0 Å². The molecule has 0 aliphatic carbocycles. The highest BCUT2D eigenvalue weighted by molar-refractivity contribution is 5.99. The molecule has 3 aromatic carbocycles. The Bertz CT molecular complexity index is 1420. The Morgan fingerprint density at radius 3 is 2.58 bits per heavy atom. The topological polar surface area (TPSA) is 90.4 Å². The lowest BCUT2D eigenvalue weighted by molar-refractivity contribution is -0.117. The van der Waals surface area contributed by atoms with E-state index in [0.717, 1.165) is 34.9 Å². The molecule has 164 valence electrons. The van der Waals surface area contributed by atoms with Crippen molar-refractivity contribution in [1.82, 2.24) is 4.98 Å². The van der Waals surface area contributed by atoms with E-state index in [0.29, 0.717) is 23.1 Å². The van der Waals surface area contributed by atoms with Crippen LogP contribution in [-0.4, -0.2) is 26.9 Å². The van der Waals surface area contributed by atoms with Crippen LogP contribution >= 0.6 is 0 Å². The van der Waals surface area contributed by atoms with Crippen LogP contribution in [0.1, 0.15) is 46.8 Å². The third kappa shape index (κ3) is 4.97. The third-order valence-corrected chi connectivity index (χ3v) is 5.51. The molecule has 0 amide bonds. The molecule has 0 fully saturated rings. The van der Waals surface area contributed by atoms with E-state index in [1.54, 1.807) is 49.4 Å². The van der Waals surface area contributed by atoms with E-state index in [2.05, 4.69) is 16.8 Å². The zero-order valence-corrected chi connectivity index (χ0v) is 18.2. The summed E-state index contributed by atoms with van der Waals surface area (Å²) in [5.41, 5.74) is 4.73. The van der Waals surface area contributed by atoms with Crippen molar-refractivity contribution in [3.63, 3.8) is 0 Å². The second-order valence-electron chi connectivity index (χ2n) is 7.96. The van der Waals surface area contributed by atoms with Crippen LogP contribution in [0.25, 0.3) is 22.0 Å². The van der Waals surface area contributed by atoms with Gasteiger partial charge in [-0.3, -0.25) is 0 Å². The molecule has 3 N–H and O–H groups in total. The van der Waals surface area contributed by atoms with Gasteiger partial charge >= 0.3 is 5.97 Å². The van der Waals surface area contributed by atoms with Gasteiger partial charge in [0.15, 0.2) is 0 Å². The number of nitrogens with one attached hydrogen (secondary N) is 1. The van der Waals surface area contributed by atoms with E-state index in [-0.39, 0.29) is 17.1 Å². The summed E-state index contributed by atoms with van der Waals surface area (Å²) >= 11 is 0. The molecule has 0 atom stereocenters. The normalized spacial score (nSPS) is 10.6. The number of phenols is 1. The maximum absolute atomic E-state index is 12.0. The predicted octanol–water partition coefficient (Wildman–Crippen LogP) is 5.55. The van der Waals surface area contributed by atoms with Crippen molar-refractivity contribution in [3.05, 3.63) is 89.1 Å². The second kappa shape index (κ2) is 9.46. The van der Waals surface area contributed by atoms with Gasteiger partial charge in [-0.1, -0.05) is 36.1 Å². The summed E-state index contributed by atoms with van der Waals surface area (Å²) in [4.78, 5) is 26.5. The molecule has 0 saturated carbocycles. The molecule has 1 aromatic heterocycles. The fourth-order valence-electron chi connectivity index (χ4n) is 3.95. The number of carbonyl (C=O) groups excluding carboxylic acids is 1. The van der Waals surface area contributed by atoms with Gasteiger partial charge in [0.1, 0.15) is 11.5 Å². The maximum Gasteiger partial charge on any atom is 0.336 e. The van der Waals surface area contributed by atoms with E-state index >= 15 is 0 Å². The summed E-state index contributed by atoms with van der Waals surface area (Å²) in [7, 11) is 0. The summed E-state index contributed by atoms with van der Waals surface area (Å²) in [5.74, 6) is 5.37. The highest BCUT2D eigenvalue weighted by atomic mass is 16.4. The highest BCUT2D eigenvalue weighted by Crippen LogP contribution is 2.31. The molecule has 0 unspecified atom stereocenters. The first-order valence-electron chi connectivity index (χ1n) is 10.7. The summed E-state index contributed by atoms with van der Waals surface area (Å²) in [5, 5.41) is 20.6. The molecule has 0 aliphatic rings. The zero-order chi connectivity index (χ0) is 23.4. The summed E-state index contributed by atoms with van der Waals surface area (Å²) < 4.78 is 0. The minimum Gasteiger partial charge on any atom is -0.508 e. The Labute approximate surface area is 191 Å². The number of carboxylic acids is 1. The number of carbonyl (C=O) groups is 2. The van der Waals surface area contributed by atoms with Crippen molar-refractivity contribution in [2.45, 2.75) is 26.2 Å². The lowest BCUT2D eigenvalue weighted by Crippen LogP contribution is -2.01. The van der Waals surface area contributed by atoms with Gasteiger partial charge in [0, 0.05) is 40.2 Å². The van der Waals surface area contributed by atoms with Gasteiger partial charge in [-0.25, -0.2) is 4.79 Å². The first-order chi connectivity index (χ1) is 15.9. The molecule has 0 bridgehead atoms. The molecule has 1 heterocycles. The van der Waals surface area contributed by atoms with Crippen LogP contribution < -0.4 is 0 Å². The minimum atomic E-state index is -1.03. The number of fused-ring (bicyclic) bond motifs is 1. The summed E-state index contributed by atoms with van der Waals surface area (Å²) in [6.45, 7) is 1.60. The van der Waals surface area contributed by atoms with Crippen molar-refractivity contribution in [3.8, 4) is 28.7 Å². The van der Waals surface area contributed by atoms with Gasteiger partial charge in [-0.15, -0.1) is 0 Å².